The fraction of sp³-hybridized carbons (Fsp3) is 0.367. The molecule has 4 aromatic rings. The Morgan fingerprint density at radius 3 is 2.53 bits per heavy atom. The molecular weight excluding hydrogens is 735 g/mol. The Morgan fingerprint density at radius 2 is 1.84 bits per heavy atom. The number of carbonyl (C=O) groups is 1. The zero-order valence-electron chi connectivity index (χ0n) is 25.1. The molecule has 12 nitrogen and oxygen atoms in total. The lowest BCUT2D eigenvalue weighted by Crippen LogP contribution is -2.38. The van der Waals surface area contributed by atoms with E-state index in [0.717, 1.165) is 27.6 Å². The third-order valence-electron chi connectivity index (χ3n) is 6.58. The first-order valence-electron chi connectivity index (χ1n) is 14.2. The topological polar surface area (TPSA) is 140 Å². The number of benzene rings is 2. The molecule has 0 aliphatic heterocycles. The standard InChI is InChI=1S/C30H34ClIN6O6S/c1-30(2,3)44-29(39)35(17-7-6-16-32)27-14-19-36-28(34-27)24(21-33-36)22-10-8-11-23(20-22)37(18-9-15-31)45(42,43)26-13-5-4-12-25(26)38(40)41/h4-5,8,10-14,19-21H,6-7,9,15-18H2,1-3H3. The van der Waals surface area contributed by atoms with Crippen LogP contribution in [0, 0.1) is 10.1 Å². The van der Waals surface area contributed by atoms with Crippen LogP contribution in [0.2, 0.25) is 0 Å². The molecule has 1 amide bonds. The summed E-state index contributed by atoms with van der Waals surface area (Å²) in [5, 5.41) is 16.1. The highest BCUT2D eigenvalue weighted by Crippen LogP contribution is 2.33. The molecule has 2 aromatic heterocycles. The van der Waals surface area contributed by atoms with Crippen molar-refractivity contribution in [1.82, 2.24) is 14.6 Å². The number of aromatic nitrogens is 3. The third kappa shape index (κ3) is 8.21. The summed E-state index contributed by atoms with van der Waals surface area (Å²) >= 11 is 8.24. The molecule has 2 heterocycles. The number of alkyl halides is 2. The number of carbonyl (C=O) groups excluding carboxylic acids is 1. The van der Waals surface area contributed by atoms with Crippen molar-refractivity contribution in [3.8, 4) is 11.1 Å². The average molecular weight is 769 g/mol. The summed E-state index contributed by atoms with van der Waals surface area (Å²) in [6.07, 6.45) is 4.79. The van der Waals surface area contributed by atoms with E-state index >= 15 is 0 Å². The zero-order chi connectivity index (χ0) is 32.8. The van der Waals surface area contributed by atoms with Crippen LogP contribution in [-0.2, 0) is 14.8 Å². The summed E-state index contributed by atoms with van der Waals surface area (Å²) in [6.45, 7) is 5.83. The van der Waals surface area contributed by atoms with E-state index in [1.165, 1.54) is 23.1 Å². The van der Waals surface area contributed by atoms with E-state index < -0.39 is 37.2 Å². The van der Waals surface area contributed by atoms with Gasteiger partial charge in [0, 0.05) is 36.8 Å². The molecule has 4 rings (SSSR count). The fourth-order valence-corrected chi connectivity index (χ4v) is 6.87. The molecule has 0 saturated carbocycles. The molecule has 45 heavy (non-hydrogen) atoms. The van der Waals surface area contributed by atoms with Gasteiger partial charge in [-0.25, -0.2) is 22.7 Å². The summed E-state index contributed by atoms with van der Waals surface area (Å²) in [5.41, 5.74) is 0.726. The van der Waals surface area contributed by atoms with Gasteiger partial charge < -0.3 is 4.74 Å². The van der Waals surface area contributed by atoms with Gasteiger partial charge in [0.05, 0.1) is 16.8 Å². The molecule has 240 valence electrons. The van der Waals surface area contributed by atoms with Gasteiger partial charge in [0.1, 0.15) is 11.4 Å². The Balaban J connectivity index is 1.78. The van der Waals surface area contributed by atoms with Crippen LogP contribution in [0.25, 0.3) is 16.8 Å². The number of nitro benzene ring substituents is 1. The second-order valence-electron chi connectivity index (χ2n) is 11.0. The molecule has 0 aliphatic carbocycles. The summed E-state index contributed by atoms with van der Waals surface area (Å²) in [5.74, 6) is 0.584. The first-order chi connectivity index (χ1) is 21.4. The zero-order valence-corrected chi connectivity index (χ0v) is 28.8. The SMILES string of the molecule is CC(C)(C)OC(=O)N(CCCCI)c1ccn2ncc(-c3cccc(N(CCCCl)S(=O)(=O)c4ccccc4[N+](=O)[O-])c3)c2n1. The quantitative estimate of drug-likeness (QED) is 0.0462. The summed E-state index contributed by atoms with van der Waals surface area (Å²) in [4.78, 5) is 30.1. The minimum absolute atomic E-state index is 0.000559. The van der Waals surface area contributed by atoms with Gasteiger partial charge in [-0.3, -0.25) is 19.3 Å². The number of hydrogen-bond donors (Lipinski definition) is 0. The van der Waals surface area contributed by atoms with E-state index in [9.17, 15) is 23.3 Å². The number of ether oxygens (including phenoxy) is 1. The van der Waals surface area contributed by atoms with Crippen LogP contribution in [-0.4, -0.2) is 63.0 Å². The molecule has 15 heteroatoms. The lowest BCUT2D eigenvalue weighted by Gasteiger charge is -2.27. The maximum atomic E-state index is 13.9. The highest BCUT2D eigenvalue weighted by Gasteiger charge is 2.32. The molecule has 2 aromatic carbocycles. The Kier molecular flexibility index (Phi) is 11.3. The molecule has 0 N–H and O–H groups in total. The van der Waals surface area contributed by atoms with E-state index in [-0.39, 0.29) is 12.4 Å². The molecule has 0 atom stereocenters. The third-order valence-corrected chi connectivity index (χ3v) is 9.48. The minimum atomic E-state index is -4.35. The van der Waals surface area contributed by atoms with Gasteiger partial charge in [-0.1, -0.05) is 46.9 Å². The molecule has 0 radical (unpaired) electrons. The highest BCUT2D eigenvalue weighted by atomic mass is 127. The lowest BCUT2D eigenvalue weighted by atomic mass is 10.1. The van der Waals surface area contributed by atoms with Gasteiger partial charge in [0.15, 0.2) is 10.5 Å². The van der Waals surface area contributed by atoms with E-state index in [2.05, 4.69) is 27.7 Å². The smallest absolute Gasteiger partial charge is 0.416 e. The van der Waals surface area contributed by atoms with Gasteiger partial charge in [-0.2, -0.15) is 5.10 Å². The van der Waals surface area contributed by atoms with E-state index in [4.69, 9.17) is 21.3 Å². The normalized spacial score (nSPS) is 11.8. The van der Waals surface area contributed by atoms with Gasteiger partial charge in [-0.05, 0) is 74.3 Å². The van der Waals surface area contributed by atoms with E-state index in [1.54, 1.807) is 68.0 Å². The molecular formula is C30H34ClIN6O6S. The second kappa shape index (κ2) is 14.7. The van der Waals surface area contributed by atoms with Gasteiger partial charge >= 0.3 is 6.09 Å². The van der Waals surface area contributed by atoms with Gasteiger partial charge in [-0.15, -0.1) is 11.6 Å². The number of nitrogens with zero attached hydrogens (tertiary/aromatic N) is 6. The van der Waals surface area contributed by atoms with Gasteiger partial charge in [0.2, 0.25) is 0 Å². The molecule has 0 saturated heterocycles. The number of sulfonamides is 1. The summed E-state index contributed by atoms with van der Waals surface area (Å²) < 4.78 is 37.0. The van der Waals surface area contributed by atoms with Crippen molar-refractivity contribution in [2.24, 2.45) is 0 Å². The van der Waals surface area contributed by atoms with Crippen molar-refractivity contribution in [2.75, 3.05) is 32.6 Å². The van der Waals surface area contributed by atoms with Gasteiger partial charge in [0.25, 0.3) is 15.7 Å². The fourth-order valence-electron chi connectivity index (χ4n) is 4.56. The predicted octanol–water partition coefficient (Wildman–Crippen LogP) is 7.09. The van der Waals surface area contributed by atoms with Crippen molar-refractivity contribution < 1.29 is 22.9 Å². The Hall–Kier alpha value is -3.50. The van der Waals surface area contributed by atoms with Crippen LogP contribution in [0.5, 0.6) is 0 Å². The molecule has 0 unspecified atom stereocenters. The number of rotatable bonds is 13. The number of amides is 1. The monoisotopic (exact) mass is 768 g/mol. The van der Waals surface area contributed by atoms with Crippen molar-refractivity contribution in [2.45, 2.75) is 50.5 Å². The van der Waals surface area contributed by atoms with Crippen LogP contribution in [0.15, 0.2) is 71.9 Å². The number of nitro groups is 1. The lowest BCUT2D eigenvalue weighted by molar-refractivity contribution is -0.387. The Bertz CT molecular complexity index is 1780. The maximum Gasteiger partial charge on any atom is 0.416 e. The van der Waals surface area contributed by atoms with Crippen LogP contribution in [0.3, 0.4) is 0 Å². The number of anilines is 2. The maximum absolute atomic E-state index is 13.9. The minimum Gasteiger partial charge on any atom is -0.443 e. The van der Waals surface area contributed by atoms with E-state index in [1.807, 2.05) is 0 Å². The van der Waals surface area contributed by atoms with Crippen LogP contribution < -0.4 is 9.21 Å². The first-order valence-corrected chi connectivity index (χ1v) is 17.7. The van der Waals surface area contributed by atoms with Crippen LogP contribution in [0.1, 0.15) is 40.0 Å². The number of unbranched alkanes of at least 4 members (excludes halogenated alkanes) is 1. The largest absolute Gasteiger partial charge is 0.443 e. The molecule has 0 aliphatic rings. The van der Waals surface area contributed by atoms with Crippen LogP contribution in [0.4, 0.5) is 22.0 Å². The molecule has 0 spiro atoms. The van der Waals surface area contributed by atoms with E-state index in [0.29, 0.717) is 41.2 Å². The summed E-state index contributed by atoms with van der Waals surface area (Å²) in [7, 11) is -4.35. The highest BCUT2D eigenvalue weighted by molar-refractivity contribution is 14.1. The average Bonchev–Trinajstić information content (AvgIpc) is 3.42. The number of fused-ring (bicyclic) bond motifs is 1. The van der Waals surface area contributed by atoms with Crippen LogP contribution >= 0.6 is 34.2 Å². The number of halogens is 2. The van der Waals surface area contributed by atoms with Crippen molar-refractivity contribution in [1.29, 1.82) is 0 Å². The Labute approximate surface area is 280 Å². The molecule has 0 fully saturated rings. The Morgan fingerprint density at radius 1 is 1.09 bits per heavy atom. The number of hydrogen-bond acceptors (Lipinski definition) is 8. The second-order valence-corrected chi connectivity index (χ2v) is 14.3. The van der Waals surface area contributed by atoms with Crippen molar-refractivity contribution >= 4 is 73.1 Å². The molecule has 0 bridgehead atoms. The predicted molar refractivity (Wildman–Crippen MR) is 183 cm³/mol. The van der Waals surface area contributed by atoms with Crippen molar-refractivity contribution in [3.63, 3.8) is 0 Å². The number of para-hydroxylation sites is 1. The van der Waals surface area contributed by atoms with Crippen molar-refractivity contribution in [3.05, 3.63) is 77.1 Å². The summed E-state index contributed by atoms with van der Waals surface area (Å²) in [6, 6.07) is 13.7. The first kappa shape index (κ1) is 34.4.